The third-order valence-electron chi connectivity index (χ3n) is 6.84. The van der Waals surface area contributed by atoms with Crippen molar-refractivity contribution >= 4 is 88.5 Å². The lowest BCUT2D eigenvalue weighted by Gasteiger charge is -2.04. The van der Waals surface area contributed by atoms with E-state index in [1.165, 1.54) is 73.2 Å². The highest BCUT2D eigenvalue weighted by molar-refractivity contribution is 7.90. The van der Waals surface area contributed by atoms with Gasteiger partial charge in [-0.05, 0) is 60.7 Å². The number of azo groups is 3. The van der Waals surface area contributed by atoms with Gasteiger partial charge in [-0.2, -0.15) is 44.0 Å². The number of anilines is 4. The van der Waals surface area contributed by atoms with Gasteiger partial charge in [-0.25, -0.2) is 0 Å². The molecule has 0 saturated carbocycles. The van der Waals surface area contributed by atoms with Crippen LogP contribution in [0.15, 0.2) is 137 Å². The Kier molecular flexibility index (Phi) is 10.9. The molecule has 0 saturated heterocycles. The molecule has 0 atom stereocenters. The van der Waals surface area contributed by atoms with Crippen LogP contribution in [-0.4, -0.2) is 27.3 Å². The zero-order valence-electron chi connectivity index (χ0n) is 26.8. The minimum Gasteiger partial charge on any atom is -0.397 e. The number of hydrogen-bond donors (Lipinski definition) is 6. The van der Waals surface area contributed by atoms with E-state index in [0.29, 0.717) is 22.8 Å². The zero-order chi connectivity index (χ0) is 37.5. The average molecular weight is 747 g/mol. The van der Waals surface area contributed by atoms with Crippen LogP contribution in [0.2, 0.25) is 0 Å². The molecule has 0 spiro atoms. The number of rotatable bonds is 11. The van der Waals surface area contributed by atoms with Crippen LogP contribution in [0.1, 0.15) is 0 Å². The molecule has 0 fully saturated rings. The SMILES string of the molecule is Nc1cc(N)c(N=Nc2cccc(N=Nc3cc(N=[N+]=C4C=CC(S(=O)(=O)O[NH3+])=C[CH+]4)c(N)cc3N)c2)cc1N=Nc1ccc(S(=O)(=O)O[NH3+])cc1. The van der Waals surface area contributed by atoms with Gasteiger partial charge in [0.05, 0.1) is 61.6 Å². The Morgan fingerprint density at radius 1 is 0.577 bits per heavy atom. The van der Waals surface area contributed by atoms with E-state index in [2.05, 4.69) is 61.0 Å². The molecule has 20 nitrogen and oxygen atoms in total. The number of quaternary nitrogens is 2. The molecule has 0 aromatic heterocycles. The maximum atomic E-state index is 11.8. The summed E-state index contributed by atoms with van der Waals surface area (Å²) >= 11 is 0. The van der Waals surface area contributed by atoms with Crippen molar-refractivity contribution in [3.8, 4) is 0 Å². The van der Waals surface area contributed by atoms with Gasteiger partial charge in [0, 0.05) is 6.07 Å². The van der Waals surface area contributed by atoms with Gasteiger partial charge >= 0.3 is 25.9 Å². The molecule has 0 radical (unpaired) electrons. The van der Waals surface area contributed by atoms with Crippen LogP contribution in [0, 0.1) is 6.42 Å². The predicted molar refractivity (Wildman–Crippen MR) is 189 cm³/mol. The zero-order valence-corrected chi connectivity index (χ0v) is 28.4. The van der Waals surface area contributed by atoms with E-state index in [9.17, 15) is 16.8 Å². The van der Waals surface area contributed by atoms with Crippen molar-refractivity contribution in [2.45, 2.75) is 4.90 Å². The normalized spacial score (nSPS) is 13.4. The van der Waals surface area contributed by atoms with Gasteiger partial charge in [0.25, 0.3) is 0 Å². The van der Waals surface area contributed by atoms with Crippen LogP contribution in [0.4, 0.5) is 62.6 Å². The standard InChI is InChI=1S/C30H29N14O6S2/c31-23-13-25(33)29(15-27(23)41-37-17-4-8-21(9-5-17)51(45,46)49-35)43-39-19-2-1-3-20(12-19)40-44-30-16-28(24(32)14-26(30)34)42-38-18-6-10-22(11-7-18)52(47,48)50-36/h1-16H,35-36H3,(H7,31,32,33,34,37,39)/q+3/p+1. The lowest BCUT2D eigenvalue weighted by Crippen LogP contribution is -2.51. The predicted octanol–water partition coefficient (Wildman–Crippen LogP) is 4.02. The van der Waals surface area contributed by atoms with Gasteiger partial charge in [-0.15, -0.1) is 15.3 Å². The fourth-order valence-electron chi connectivity index (χ4n) is 4.13. The lowest BCUT2D eigenvalue weighted by molar-refractivity contribution is -0.635. The summed E-state index contributed by atoms with van der Waals surface area (Å²) in [6.07, 6.45) is 5.46. The maximum absolute atomic E-state index is 11.8. The minimum atomic E-state index is -3.95. The molecule has 0 unspecified atom stereocenters. The Morgan fingerprint density at radius 2 is 1.08 bits per heavy atom. The first-order chi connectivity index (χ1) is 24.8. The Balaban J connectivity index is 1.31. The number of benzene rings is 4. The van der Waals surface area contributed by atoms with Gasteiger partial charge < -0.3 is 22.9 Å². The van der Waals surface area contributed by atoms with Gasteiger partial charge in [0.2, 0.25) is 4.91 Å². The Morgan fingerprint density at radius 3 is 1.58 bits per heavy atom. The fraction of sp³-hybridized carbons (Fsp3) is 0. The van der Waals surface area contributed by atoms with Crippen LogP contribution in [0.25, 0.3) is 0 Å². The summed E-state index contributed by atoms with van der Waals surface area (Å²) in [5.41, 5.74) is 27.8. The number of nitrogens with zero attached hydrogens (tertiary/aromatic N) is 8. The Bertz CT molecular complexity index is 2470. The van der Waals surface area contributed by atoms with E-state index in [0.717, 1.165) is 0 Å². The van der Waals surface area contributed by atoms with Crippen molar-refractivity contribution in [3.63, 3.8) is 0 Å². The van der Waals surface area contributed by atoms with E-state index >= 15 is 0 Å². The average Bonchev–Trinajstić information content (AvgIpc) is 3.13. The monoisotopic (exact) mass is 746 g/mol. The number of nitrogens with two attached hydrogens (primary N) is 4. The van der Waals surface area contributed by atoms with Crippen LogP contribution in [-0.2, 0) is 28.8 Å². The molecular weight excluding hydrogens is 717 g/mol. The molecule has 0 heterocycles. The summed E-state index contributed by atoms with van der Waals surface area (Å²) in [6, 6.07) is 18.1. The van der Waals surface area contributed by atoms with E-state index in [1.807, 2.05) is 0 Å². The number of nitrogen functional groups attached to an aromatic ring is 4. The molecule has 4 aromatic carbocycles. The van der Waals surface area contributed by atoms with E-state index in [-0.39, 0.29) is 55.3 Å². The first-order valence-corrected chi connectivity index (χ1v) is 17.3. The molecule has 1 aliphatic carbocycles. The second-order valence-electron chi connectivity index (χ2n) is 10.4. The molecule has 0 amide bonds. The lowest BCUT2D eigenvalue weighted by atomic mass is 10.2. The van der Waals surface area contributed by atoms with Crippen LogP contribution in [0.5, 0.6) is 0 Å². The van der Waals surface area contributed by atoms with Crippen molar-refractivity contribution < 1.29 is 42.0 Å². The summed E-state index contributed by atoms with van der Waals surface area (Å²) < 4.78 is 55.6. The third kappa shape index (κ3) is 8.92. The largest absolute Gasteiger partial charge is 0.466 e. The van der Waals surface area contributed by atoms with E-state index < -0.39 is 20.2 Å². The number of allylic oxidation sites excluding steroid dienone is 3. The molecule has 264 valence electrons. The molecule has 1 aliphatic rings. The molecule has 0 aliphatic heterocycles. The van der Waals surface area contributed by atoms with Gasteiger partial charge in [0.1, 0.15) is 34.7 Å². The molecule has 4 aromatic rings. The highest BCUT2D eigenvalue weighted by Crippen LogP contribution is 2.37. The second-order valence-corrected chi connectivity index (χ2v) is 13.6. The maximum Gasteiger partial charge on any atom is 0.466 e. The van der Waals surface area contributed by atoms with Gasteiger partial charge in [-0.1, -0.05) is 14.6 Å². The van der Waals surface area contributed by atoms with Gasteiger partial charge in [-0.3, -0.25) is 0 Å². The van der Waals surface area contributed by atoms with Crippen LogP contribution in [0.3, 0.4) is 0 Å². The van der Waals surface area contributed by atoms with Crippen LogP contribution >= 0.6 is 0 Å². The highest BCUT2D eigenvalue weighted by atomic mass is 32.2. The van der Waals surface area contributed by atoms with E-state index in [4.69, 9.17) is 22.9 Å². The van der Waals surface area contributed by atoms with Crippen molar-refractivity contribution in [1.29, 1.82) is 0 Å². The summed E-state index contributed by atoms with van der Waals surface area (Å²) in [4.78, 5) is 3.91. The molecule has 0 bridgehead atoms. The quantitative estimate of drug-likeness (QED) is 0.0421. The first kappa shape index (κ1) is 36.6. The highest BCUT2D eigenvalue weighted by Gasteiger charge is 2.30. The van der Waals surface area contributed by atoms with Crippen molar-refractivity contribution in [2.75, 3.05) is 22.9 Å². The fourth-order valence-corrected chi connectivity index (χ4v) is 5.34. The van der Waals surface area contributed by atoms with Crippen molar-refractivity contribution in [1.82, 2.24) is 0 Å². The van der Waals surface area contributed by atoms with Gasteiger partial charge in [0.15, 0.2) is 5.69 Å². The molecular formula is C30H30N14O6S2+4. The van der Waals surface area contributed by atoms with Crippen molar-refractivity contribution in [3.05, 3.63) is 102 Å². The third-order valence-corrected chi connectivity index (χ3v) is 9.16. The topological polar surface area (TPSA) is 347 Å². The Hall–Kier alpha value is -6.65. The summed E-state index contributed by atoms with van der Waals surface area (Å²) in [7, 11) is -7.90. The van der Waals surface area contributed by atoms with Crippen LogP contribution < -0.4 is 34.7 Å². The van der Waals surface area contributed by atoms with Crippen molar-refractivity contribution in [2.24, 2.45) is 35.8 Å². The molecule has 5 rings (SSSR count). The minimum absolute atomic E-state index is 0.0894. The first-order valence-electron chi connectivity index (χ1n) is 14.5. The molecule has 22 heteroatoms. The molecule has 52 heavy (non-hydrogen) atoms. The summed E-state index contributed by atoms with van der Waals surface area (Å²) in [6.45, 7) is 0. The summed E-state index contributed by atoms with van der Waals surface area (Å²) in [5, 5.41) is 29.3. The number of hydrogen-bond acceptors (Lipinski definition) is 17. The molecule has 14 N–H and O–H groups in total. The smallest absolute Gasteiger partial charge is 0.397 e. The summed E-state index contributed by atoms with van der Waals surface area (Å²) in [5.74, 6) is 5.87. The second kappa shape index (κ2) is 15.5. The Labute approximate surface area is 295 Å². The van der Waals surface area contributed by atoms with E-state index in [1.54, 1.807) is 24.3 Å².